The smallest absolute Gasteiger partial charge is 0.0641 e. The number of hydrogen-bond donors (Lipinski definition) is 1. The van der Waals surface area contributed by atoms with E-state index >= 15 is 0 Å². The molecule has 3 heteroatoms. The standard InChI is InChI=1S/C13H20N2O/c14-11-12-3-5-13(6-4-12)15-7-1-2-9-16-10-8-15/h3-6H,1-2,7-11,14H2. The maximum absolute atomic E-state index is 5.59. The molecule has 0 bridgehead atoms. The van der Waals surface area contributed by atoms with Gasteiger partial charge in [-0.15, -0.1) is 0 Å². The molecule has 0 saturated carbocycles. The predicted octanol–water partition coefficient (Wildman–Crippen LogP) is 1.76. The SMILES string of the molecule is NCc1ccc(N2CCCCOCC2)cc1. The van der Waals surface area contributed by atoms with Crippen molar-refractivity contribution in [2.75, 3.05) is 31.2 Å². The fourth-order valence-corrected chi connectivity index (χ4v) is 2.00. The van der Waals surface area contributed by atoms with Crippen molar-refractivity contribution in [2.24, 2.45) is 5.73 Å². The van der Waals surface area contributed by atoms with Crippen LogP contribution < -0.4 is 10.6 Å². The third-order valence-corrected chi connectivity index (χ3v) is 3.01. The van der Waals surface area contributed by atoms with E-state index in [0.717, 1.165) is 32.7 Å². The molecule has 1 aliphatic heterocycles. The Hall–Kier alpha value is -1.06. The molecule has 0 aromatic heterocycles. The van der Waals surface area contributed by atoms with E-state index in [-0.39, 0.29) is 0 Å². The quantitative estimate of drug-likeness (QED) is 0.825. The van der Waals surface area contributed by atoms with Gasteiger partial charge in [0.05, 0.1) is 6.61 Å². The molecule has 16 heavy (non-hydrogen) atoms. The molecule has 1 saturated heterocycles. The van der Waals surface area contributed by atoms with E-state index in [1.807, 2.05) is 0 Å². The summed E-state index contributed by atoms with van der Waals surface area (Å²) < 4.78 is 5.51. The van der Waals surface area contributed by atoms with Gasteiger partial charge in [-0.05, 0) is 30.5 Å². The zero-order valence-electron chi connectivity index (χ0n) is 9.69. The lowest BCUT2D eigenvalue weighted by Crippen LogP contribution is -2.30. The number of ether oxygens (including phenoxy) is 1. The molecule has 1 aromatic rings. The molecule has 1 fully saturated rings. The highest BCUT2D eigenvalue weighted by Crippen LogP contribution is 2.16. The van der Waals surface area contributed by atoms with E-state index in [9.17, 15) is 0 Å². The molecule has 3 nitrogen and oxygen atoms in total. The van der Waals surface area contributed by atoms with Gasteiger partial charge in [-0.3, -0.25) is 0 Å². The third kappa shape index (κ3) is 2.97. The lowest BCUT2D eigenvalue weighted by atomic mass is 10.2. The van der Waals surface area contributed by atoms with Gasteiger partial charge in [-0.2, -0.15) is 0 Å². The second-order valence-electron chi connectivity index (χ2n) is 4.18. The van der Waals surface area contributed by atoms with Crippen LogP contribution in [0.1, 0.15) is 18.4 Å². The van der Waals surface area contributed by atoms with Crippen LogP contribution >= 0.6 is 0 Å². The van der Waals surface area contributed by atoms with Gasteiger partial charge in [0.1, 0.15) is 0 Å². The van der Waals surface area contributed by atoms with Crippen molar-refractivity contribution in [1.29, 1.82) is 0 Å². The third-order valence-electron chi connectivity index (χ3n) is 3.01. The van der Waals surface area contributed by atoms with Crippen molar-refractivity contribution in [3.05, 3.63) is 29.8 Å². The van der Waals surface area contributed by atoms with Crippen LogP contribution in [0.2, 0.25) is 0 Å². The number of hydrogen-bond acceptors (Lipinski definition) is 3. The molecule has 2 N–H and O–H groups in total. The van der Waals surface area contributed by atoms with Gasteiger partial charge in [-0.25, -0.2) is 0 Å². The molecule has 2 rings (SSSR count). The molecule has 0 spiro atoms. The second-order valence-corrected chi connectivity index (χ2v) is 4.18. The van der Waals surface area contributed by atoms with Crippen molar-refractivity contribution in [2.45, 2.75) is 19.4 Å². The highest BCUT2D eigenvalue weighted by molar-refractivity contribution is 5.47. The summed E-state index contributed by atoms with van der Waals surface area (Å²) in [4.78, 5) is 2.39. The molecule has 0 aliphatic carbocycles. The average Bonchev–Trinajstić information content (AvgIpc) is 2.29. The van der Waals surface area contributed by atoms with Gasteiger partial charge >= 0.3 is 0 Å². The van der Waals surface area contributed by atoms with Crippen LogP contribution in [-0.2, 0) is 11.3 Å². The molecule has 1 heterocycles. The van der Waals surface area contributed by atoms with E-state index in [1.54, 1.807) is 0 Å². The van der Waals surface area contributed by atoms with Gasteiger partial charge in [0.2, 0.25) is 0 Å². The van der Waals surface area contributed by atoms with Gasteiger partial charge < -0.3 is 15.4 Å². The lowest BCUT2D eigenvalue weighted by molar-refractivity contribution is 0.129. The fraction of sp³-hybridized carbons (Fsp3) is 0.538. The van der Waals surface area contributed by atoms with Crippen LogP contribution in [0.15, 0.2) is 24.3 Å². The summed E-state index contributed by atoms with van der Waals surface area (Å²) in [6, 6.07) is 8.53. The van der Waals surface area contributed by atoms with Gasteiger partial charge in [0, 0.05) is 31.9 Å². The van der Waals surface area contributed by atoms with Crippen LogP contribution in [0.5, 0.6) is 0 Å². The highest BCUT2D eigenvalue weighted by Gasteiger charge is 2.08. The molecular formula is C13H20N2O. The van der Waals surface area contributed by atoms with E-state index in [2.05, 4.69) is 29.2 Å². The number of nitrogens with zero attached hydrogens (tertiary/aromatic N) is 1. The molecule has 0 unspecified atom stereocenters. The fourth-order valence-electron chi connectivity index (χ4n) is 2.00. The number of nitrogens with two attached hydrogens (primary N) is 1. The molecule has 0 radical (unpaired) electrons. The van der Waals surface area contributed by atoms with Crippen LogP contribution in [0.3, 0.4) is 0 Å². The number of rotatable bonds is 2. The Morgan fingerprint density at radius 3 is 2.62 bits per heavy atom. The minimum absolute atomic E-state index is 0.614. The Bertz CT molecular complexity index is 302. The zero-order chi connectivity index (χ0) is 11.2. The lowest BCUT2D eigenvalue weighted by Gasteiger charge is -2.27. The summed E-state index contributed by atoms with van der Waals surface area (Å²) >= 11 is 0. The normalized spacial score (nSPS) is 17.9. The van der Waals surface area contributed by atoms with Crippen LogP contribution in [0.4, 0.5) is 5.69 Å². The van der Waals surface area contributed by atoms with Crippen molar-refractivity contribution in [3.63, 3.8) is 0 Å². The minimum Gasteiger partial charge on any atom is -0.380 e. The van der Waals surface area contributed by atoms with Crippen molar-refractivity contribution in [3.8, 4) is 0 Å². The Morgan fingerprint density at radius 2 is 1.88 bits per heavy atom. The maximum atomic E-state index is 5.59. The van der Waals surface area contributed by atoms with Crippen molar-refractivity contribution >= 4 is 5.69 Å². The minimum atomic E-state index is 0.614. The van der Waals surface area contributed by atoms with Gasteiger partial charge in [0.15, 0.2) is 0 Å². The Kier molecular flexibility index (Phi) is 4.19. The average molecular weight is 220 g/mol. The first-order valence-electron chi connectivity index (χ1n) is 6.02. The second kappa shape index (κ2) is 5.87. The van der Waals surface area contributed by atoms with Crippen LogP contribution in [0.25, 0.3) is 0 Å². The van der Waals surface area contributed by atoms with Crippen molar-refractivity contribution in [1.82, 2.24) is 0 Å². The first-order valence-corrected chi connectivity index (χ1v) is 6.02. The summed E-state index contributed by atoms with van der Waals surface area (Å²) in [6.45, 7) is 4.48. The predicted molar refractivity (Wildman–Crippen MR) is 66.6 cm³/mol. The largest absolute Gasteiger partial charge is 0.380 e. The van der Waals surface area contributed by atoms with Crippen LogP contribution in [0, 0.1) is 0 Å². The maximum Gasteiger partial charge on any atom is 0.0641 e. The summed E-state index contributed by atoms with van der Waals surface area (Å²) in [7, 11) is 0. The molecule has 0 amide bonds. The molecular weight excluding hydrogens is 200 g/mol. The first-order chi connectivity index (χ1) is 7.90. The van der Waals surface area contributed by atoms with E-state index in [4.69, 9.17) is 10.5 Å². The molecule has 88 valence electrons. The molecule has 0 atom stereocenters. The Labute approximate surface area is 97.2 Å². The van der Waals surface area contributed by atoms with Gasteiger partial charge in [-0.1, -0.05) is 12.1 Å². The Morgan fingerprint density at radius 1 is 1.06 bits per heavy atom. The molecule has 1 aliphatic rings. The molecule has 1 aromatic carbocycles. The number of anilines is 1. The summed E-state index contributed by atoms with van der Waals surface area (Å²) in [6.07, 6.45) is 2.37. The van der Waals surface area contributed by atoms with E-state index < -0.39 is 0 Å². The van der Waals surface area contributed by atoms with Crippen LogP contribution in [-0.4, -0.2) is 26.3 Å². The van der Waals surface area contributed by atoms with E-state index in [0.29, 0.717) is 6.54 Å². The monoisotopic (exact) mass is 220 g/mol. The van der Waals surface area contributed by atoms with E-state index in [1.165, 1.54) is 17.7 Å². The summed E-state index contributed by atoms with van der Waals surface area (Å²) in [5.41, 5.74) is 8.06. The first kappa shape index (κ1) is 11.4. The highest BCUT2D eigenvalue weighted by atomic mass is 16.5. The van der Waals surface area contributed by atoms with Crippen molar-refractivity contribution < 1.29 is 4.74 Å². The topological polar surface area (TPSA) is 38.5 Å². The summed E-state index contributed by atoms with van der Waals surface area (Å²) in [5, 5.41) is 0. The van der Waals surface area contributed by atoms with Gasteiger partial charge in [0.25, 0.3) is 0 Å². The zero-order valence-corrected chi connectivity index (χ0v) is 9.69. The number of benzene rings is 1. The summed E-state index contributed by atoms with van der Waals surface area (Å²) in [5.74, 6) is 0. The Balaban J connectivity index is 2.02.